The molecule has 6 heteroatoms. The minimum atomic E-state index is -0.538. The van der Waals surface area contributed by atoms with Gasteiger partial charge in [0.1, 0.15) is 12.7 Å². The lowest BCUT2D eigenvalue weighted by atomic mass is 9.62. The first kappa shape index (κ1) is 22.1. The highest BCUT2D eigenvalue weighted by molar-refractivity contribution is 5.84. The second kappa shape index (κ2) is 9.05. The lowest BCUT2D eigenvalue weighted by molar-refractivity contribution is -0.170. The summed E-state index contributed by atoms with van der Waals surface area (Å²) >= 11 is 0. The first-order valence-corrected chi connectivity index (χ1v) is 11.3. The van der Waals surface area contributed by atoms with Crippen molar-refractivity contribution in [1.82, 2.24) is 0 Å². The lowest BCUT2D eigenvalue weighted by Crippen LogP contribution is -2.47. The summed E-state index contributed by atoms with van der Waals surface area (Å²) in [5, 5.41) is 0. The van der Waals surface area contributed by atoms with Crippen LogP contribution in [0.1, 0.15) is 60.3 Å². The molecule has 0 radical (unpaired) electrons. The van der Waals surface area contributed by atoms with E-state index in [1.54, 1.807) is 0 Å². The Balaban J connectivity index is 1.83. The van der Waals surface area contributed by atoms with Gasteiger partial charge in [-0.1, -0.05) is 41.0 Å². The van der Waals surface area contributed by atoms with Crippen molar-refractivity contribution in [3.05, 3.63) is 0 Å². The van der Waals surface area contributed by atoms with Crippen LogP contribution in [0, 0.1) is 47.3 Å². The van der Waals surface area contributed by atoms with Gasteiger partial charge in [0, 0.05) is 0 Å². The molecule has 3 fully saturated rings. The lowest BCUT2D eigenvalue weighted by Gasteiger charge is -2.43. The fourth-order valence-corrected chi connectivity index (χ4v) is 6.25. The van der Waals surface area contributed by atoms with Crippen LogP contribution in [-0.4, -0.2) is 37.2 Å². The molecular weight excluding hydrogens is 372 g/mol. The zero-order chi connectivity index (χ0) is 21.3. The van der Waals surface area contributed by atoms with Crippen molar-refractivity contribution in [3.8, 4) is 0 Å². The molecule has 0 N–H and O–H groups in total. The summed E-state index contributed by atoms with van der Waals surface area (Å²) in [5.41, 5.74) is 0. The van der Waals surface area contributed by atoms with Gasteiger partial charge in [0.2, 0.25) is 0 Å². The maximum atomic E-state index is 13.2. The minimum Gasteiger partial charge on any atom is -0.465 e. The Kier molecular flexibility index (Phi) is 6.90. The smallest absolute Gasteiger partial charge is 0.310 e. The third kappa shape index (κ3) is 4.31. The quantitative estimate of drug-likeness (QED) is 0.347. The minimum absolute atomic E-state index is 0.0976. The number of hydrogen-bond acceptors (Lipinski definition) is 6. The Bertz CT molecular complexity index is 627. The van der Waals surface area contributed by atoms with E-state index < -0.39 is 17.9 Å². The molecule has 1 aliphatic heterocycles. The van der Waals surface area contributed by atoms with Crippen molar-refractivity contribution < 1.29 is 28.6 Å². The molecule has 3 rings (SSSR count). The Labute approximate surface area is 174 Å². The summed E-state index contributed by atoms with van der Waals surface area (Å²) in [7, 11) is 0. The standard InChI is InChI=1S/C23H36O6/c1-6-7-8-27-22(25)20-15-10-16(19(13(4)5)18(15)12(2)3)21(20)23(26)29-14-9-17(24)28-11-14/h12-16,18-21H,6-11H2,1-5H3. The number of esters is 3. The van der Waals surface area contributed by atoms with Gasteiger partial charge in [0.15, 0.2) is 0 Å². The monoisotopic (exact) mass is 408 g/mol. The van der Waals surface area contributed by atoms with E-state index in [4.69, 9.17) is 14.2 Å². The number of rotatable bonds is 8. The maximum Gasteiger partial charge on any atom is 0.310 e. The number of hydrogen-bond donors (Lipinski definition) is 0. The van der Waals surface area contributed by atoms with Crippen molar-refractivity contribution in [3.63, 3.8) is 0 Å². The Morgan fingerprint density at radius 3 is 2.10 bits per heavy atom. The number of carbonyl (C=O) groups excluding carboxylic acids is 3. The summed E-state index contributed by atoms with van der Waals surface area (Å²) in [6.45, 7) is 11.4. The van der Waals surface area contributed by atoms with Crippen molar-refractivity contribution >= 4 is 17.9 Å². The molecule has 0 amide bonds. The summed E-state index contributed by atoms with van der Waals surface area (Å²) < 4.78 is 16.2. The van der Waals surface area contributed by atoms with Gasteiger partial charge < -0.3 is 14.2 Å². The van der Waals surface area contributed by atoms with Gasteiger partial charge in [-0.2, -0.15) is 0 Å². The van der Waals surface area contributed by atoms with Gasteiger partial charge in [-0.05, 0) is 48.3 Å². The van der Waals surface area contributed by atoms with Crippen LogP contribution in [0.15, 0.2) is 0 Å². The van der Waals surface area contributed by atoms with Gasteiger partial charge >= 0.3 is 17.9 Å². The van der Waals surface area contributed by atoms with Crippen molar-refractivity contribution in [2.24, 2.45) is 47.3 Å². The third-order valence-corrected chi connectivity index (χ3v) is 7.22. The van der Waals surface area contributed by atoms with Gasteiger partial charge in [0.05, 0.1) is 24.9 Å². The van der Waals surface area contributed by atoms with E-state index in [1.165, 1.54) is 0 Å². The summed E-state index contributed by atoms with van der Waals surface area (Å²) in [6.07, 6.45) is 2.21. The van der Waals surface area contributed by atoms with Crippen molar-refractivity contribution in [2.75, 3.05) is 13.2 Å². The predicted molar refractivity (Wildman–Crippen MR) is 107 cm³/mol. The number of unbranched alkanes of at least 4 members (excludes halogenated alkanes) is 1. The zero-order valence-corrected chi connectivity index (χ0v) is 18.4. The average molecular weight is 409 g/mol. The number of ether oxygens (including phenoxy) is 3. The summed E-state index contributed by atoms with van der Waals surface area (Å²) in [5.74, 6) is 0.0844. The molecule has 0 aromatic rings. The highest BCUT2D eigenvalue weighted by atomic mass is 16.6. The second-order valence-electron chi connectivity index (χ2n) is 9.72. The van der Waals surface area contributed by atoms with Crippen LogP contribution in [0.3, 0.4) is 0 Å². The molecule has 7 atom stereocenters. The van der Waals surface area contributed by atoms with E-state index in [9.17, 15) is 14.4 Å². The maximum absolute atomic E-state index is 13.2. The van der Waals surface area contributed by atoms with Gasteiger partial charge in [-0.15, -0.1) is 0 Å². The van der Waals surface area contributed by atoms with Gasteiger partial charge in [0.25, 0.3) is 0 Å². The van der Waals surface area contributed by atoms with Crippen LogP contribution >= 0.6 is 0 Å². The van der Waals surface area contributed by atoms with Crippen molar-refractivity contribution in [1.29, 1.82) is 0 Å². The van der Waals surface area contributed by atoms with Crippen LogP contribution in [0.2, 0.25) is 0 Å². The van der Waals surface area contributed by atoms with Crippen LogP contribution in [-0.2, 0) is 28.6 Å². The number of carbonyl (C=O) groups is 3. The topological polar surface area (TPSA) is 78.9 Å². The molecule has 2 aliphatic carbocycles. The fourth-order valence-electron chi connectivity index (χ4n) is 6.25. The van der Waals surface area contributed by atoms with E-state index in [0.717, 1.165) is 19.3 Å². The predicted octanol–water partition coefficient (Wildman–Crippen LogP) is 3.61. The van der Waals surface area contributed by atoms with Crippen molar-refractivity contribution in [2.45, 2.75) is 66.4 Å². The molecule has 0 aromatic carbocycles. The molecule has 3 aliphatic rings. The van der Waals surface area contributed by atoms with E-state index in [-0.39, 0.29) is 42.8 Å². The summed E-state index contributed by atoms with van der Waals surface area (Å²) in [6, 6.07) is 0. The van der Waals surface area contributed by atoms with Gasteiger partial charge in [-0.3, -0.25) is 14.4 Å². The first-order chi connectivity index (χ1) is 13.8. The zero-order valence-electron chi connectivity index (χ0n) is 18.4. The fraction of sp³-hybridized carbons (Fsp3) is 0.870. The normalized spacial score (nSPS) is 36.0. The van der Waals surface area contributed by atoms with E-state index in [0.29, 0.717) is 30.3 Å². The van der Waals surface area contributed by atoms with Crippen LogP contribution in [0.25, 0.3) is 0 Å². The molecule has 29 heavy (non-hydrogen) atoms. The Morgan fingerprint density at radius 2 is 1.62 bits per heavy atom. The van der Waals surface area contributed by atoms with E-state index in [2.05, 4.69) is 34.6 Å². The molecular formula is C23H36O6. The molecule has 7 unspecified atom stereocenters. The average Bonchev–Trinajstić information content (AvgIpc) is 3.33. The first-order valence-electron chi connectivity index (χ1n) is 11.3. The SMILES string of the molecule is CCCCOC(=O)C1C2CC(C1C(=O)OC1COC(=O)C1)C(C(C)C)C2C(C)C. The summed E-state index contributed by atoms with van der Waals surface area (Å²) in [4.78, 5) is 37.6. The van der Waals surface area contributed by atoms with E-state index in [1.807, 2.05) is 0 Å². The highest BCUT2D eigenvalue weighted by Gasteiger charge is 2.64. The largest absolute Gasteiger partial charge is 0.465 e. The molecule has 2 saturated carbocycles. The van der Waals surface area contributed by atoms with Crippen LogP contribution in [0.5, 0.6) is 0 Å². The Morgan fingerprint density at radius 1 is 1.03 bits per heavy atom. The molecule has 2 bridgehead atoms. The van der Waals surface area contributed by atoms with E-state index >= 15 is 0 Å². The van der Waals surface area contributed by atoms with Crippen LogP contribution < -0.4 is 0 Å². The third-order valence-electron chi connectivity index (χ3n) is 7.22. The molecule has 0 spiro atoms. The molecule has 164 valence electrons. The molecule has 6 nitrogen and oxygen atoms in total. The Hall–Kier alpha value is -1.59. The highest BCUT2D eigenvalue weighted by Crippen LogP contribution is 2.62. The molecule has 1 saturated heterocycles. The second-order valence-corrected chi connectivity index (χ2v) is 9.72. The molecule has 1 heterocycles. The van der Waals surface area contributed by atoms with Gasteiger partial charge in [-0.25, -0.2) is 0 Å². The molecule has 0 aromatic heterocycles. The van der Waals surface area contributed by atoms with Crippen LogP contribution in [0.4, 0.5) is 0 Å². The number of fused-ring (bicyclic) bond motifs is 2. The number of cyclic esters (lactones) is 1.